The van der Waals surface area contributed by atoms with Gasteiger partial charge in [-0.2, -0.15) is 5.26 Å². The average molecular weight is 250 g/mol. The first-order valence-electron chi connectivity index (χ1n) is 6.04. The first kappa shape index (κ1) is 14.3. The van der Waals surface area contributed by atoms with E-state index in [2.05, 4.69) is 6.07 Å². The zero-order valence-electron chi connectivity index (χ0n) is 10.9. The number of unbranched alkanes of at least 4 members (excludes halogenated alkanes) is 1. The van der Waals surface area contributed by atoms with Crippen LogP contribution in [-0.4, -0.2) is 6.61 Å². The number of hydrogen-bond donors (Lipinski definition) is 1. The van der Waals surface area contributed by atoms with Gasteiger partial charge in [-0.25, -0.2) is 4.39 Å². The molecule has 0 aromatic heterocycles. The van der Waals surface area contributed by atoms with E-state index in [1.165, 1.54) is 18.2 Å². The third-order valence-corrected chi connectivity index (χ3v) is 2.73. The van der Waals surface area contributed by atoms with Gasteiger partial charge in [0.15, 0.2) is 0 Å². The molecule has 0 saturated heterocycles. The smallest absolute Gasteiger partial charge is 0.142 e. The van der Waals surface area contributed by atoms with Gasteiger partial charge in [0.25, 0.3) is 0 Å². The van der Waals surface area contributed by atoms with E-state index >= 15 is 0 Å². The number of nitrogen functional groups attached to an aromatic ring is 1. The molecule has 0 amide bonds. The lowest BCUT2D eigenvalue weighted by Crippen LogP contribution is -2.08. The van der Waals surface area contributed by atoms with Crippen LogP contribution in [0.5, 0.6) is 5.75 Å². The van der Waals surface area contributed by atoms with Crippen molar-refractivity contribution >= 4 is 5.69 Å². The van der Waals surface area contributed by atoms with Crippen LogP contribution in [0.3, 0.4) is 0 Å². The van der Waals surface area contributed by atoms with Gasteiger partial charge in [0.2, 0.25) is 0 Å². The maximum atomic E-state index is 12.8. The second-order valence-corrected chi connectivity index (χ2v) is 4.98. The third kappa shape index (κ3) is 4.62. The molecular weight excluding hydrogens is 231 g/mol. The Kier molecular flexibility index (Phi) is 4.96. The highest BCUT2D eigenvalue weighted by atomic mass is 19.1. The minimum absolute atomic E-state index is 0.283. The van der Waals surface area contributed by atoms with Gasteiger partial charge < -0.3 is 10.5 Å². The van der Waals surface area contributed by atoms with E-state index in [4.69, 9.17) is 15.7 Å². The quantitative estimate of drug-likeness (QED) is 0.621. The van der Waals surface area contributed by atoms with E-state index in [-0.39, 0.29) is 11.2 Å². The summed E-state index contributed by atoms with van der Waals surface area (Å²) in [4.78, 5) is 0. The number of nitrogens with two attached hydrogens (primary N) is 1. The van der Waals surface area contributed by atoms with Crippen LogP contribution in [0.2, 0.25) is 0 Å². The number of hydrogen-bond acceptors (Lipinski definition) is 3. The lowest BCUT2D eigenvalue weighted by atomic mass is 9.89. The summed E-state index contributed by atoms with van der Waals surface area (Å²) in [6.45, 7) is 4.37. The molecule has 1 rings (SSSR count). The Bertz CT molecular complexity index is 438. The normalized spacial score (nSPS) is 11.0. The Hall–Kier alpha value is -1.76. The molecule has 1 aromatic carbocycles. The van der Waals surface area contributed by atoms with Crippen molar-refractivity contribution in [3.8, 4) is 11.8 Å². The molecule has 0 heterocycles. The molecule has 0 bridgehead atoms. The van der Waals surface area contributed by atoms with Crippen LogP contribution >= 0.6 is 0 Å². The highest BCUT2D eigenvalue weighted by molar-refractivity contribution is 5.52. The molecular formula is C14H19FN2O. The average Bonchev–Trinajstić information content (AvgIpc) is 2.31. The number of benzene rings is 1. The van der Waals surface area contributed by atoms with Crippen molar-refractivity contribution in [3.05, 3.63) is 24.0 Å². The Labute approximate surface area is 107 Å². The SMILES string of the molecule is CC(C)(C#N)CCCCOc1ccc(F)cc1N. The number of halogens is 1. The summed E-state index contributed by atoms with van der Waals surface area (Å²) in [7, 11) is 0. The second kappa shape index (κ2) is 6.25. The first-order valence-corrected chi connectivity index (χ1v) is 6.04. The van der Waals surface area contributed by atoms with E-state index in [0.29, 0.717) is 18.0 Å². The highest BCUT2D eigenvalue weighted by Gasteiger charge is 2.15. The molecule has 3 nitrogen and oxygen atoms in total. The van der Waals surface area contributed by atoms with Gasteiger partial charge in [-0.05, 0) is 45.2 Å². The van der Waals surface area contributed by atoms with Gasteiger partial charge in [-0.1, -0.05) is 0 Å². The Morgan fingerprint density at radius 3 is 2.72 bits per heavy atom. The number of nitriles is 1. The zero-order chi connectivity index (χ0) is 13.6. The van der Waals surface area contributed by atoms with E-state index in [1.54, 1.807) is 0 Å². The standard InChI is InChI=1S/C14H19FN2O/c1-14(2,10-16)7-3-4-8-18-13-6-5-11(15)9-12(13)17/h5-6,9H,3-4,7-8,17H2,1-2H3. The third-order valence-electron chi connectivity index (χ3n) is 2.73. The summed E-state index contributed by atoms with van der Waals surface area (Å²) in [6.07, 6.45) is 2.61. The van der Waals surface area contributed by atoms with Gasteiger partial charge in [0.1, 0.15) is 11.6 Å². The Morgan fingerprint density at radius 1 is 1.39 bits per heavy atom. The molecule has 0 spiro atoms. The monoisotopic (exact) mass is 250 g/mol. The molecule has 0 atom stereocenters. The molecule has 0 aliphatic carbocycles. The minimum Gasteiger partial charge on any atom is -0.491 e. The molecule has 18 heavy (non-hydrogen) atoms. The van der Waals surface area contributed by atoms with E-state index in [0.717, 1.165) is 19.3 Å². The summed E-state index contributed by atoms with van der Waals surface area (Å²) in [5.74, 6) is 0.145. The summed E-state index contributed by atoms with van der Waals surface area (Å²) >= 11 is 0. The van der Waals surface area contributed by atoms with Gasteiger partial charge in [0.05, 0.1) is 23.8 Å². The van der Waals surface area contributed by atoms with Crippen molar-refractivity contribution in [1.29, 1.82) is 5.26 Å². The van der Waals surface area contributed by atoms with Crippen molar-refractivity contribution in [3.63, 3.8) is 0 Å². The van der Waals surface area contributed by atoms with Crippen LogP contribution in [0.25, 0.3) is 0 Å². The summed E-state index contributed by atoms with van der Waals surface area (Å²) < 4.78 is 18.3. The number of nitrogens with zero attached hydrogens (tertiary/aromatic N) is 1. The molecule has 0 aliphatic heterocycles. The van der Waals surface area contributed by atoms with Crippen LogP contribution in [0.4, 0.5) is 10.1 Å². The van der Waals surface area contributed by atoms with Gasteiger partial charge in [0, 0.05) is 6.07 Å². The van der Waals surface area contributed by atoms with E-state index in [9.17, 15) is 4.39 Å². The minimum atomic E-state index is -0.365. The summed E-state index contributed by atoms with van der Waals surface area (Å²) in [6, 6.07) is 6.36. The molecule has 4 heteroatoms. The molecule has 0 saturated carbocycles. The zero-order valence-corrected chi connectivity index (χ0v) is 10.9. The molecule has 2 N–H and O–H groups in total. The van der Waals surface area contributed by atoms with Gasteiger partial charge in [-0.3, -0.25) is 0 Å². The Balaban J connectivity index is 2.29. The fourth-order valence-corrected chi connectivity index (χ4v) is 1.56. The molecule has 0 unspecified atom stereocenters. The van der Waals surface area contributed by atoms with Crippen LogP contribution in [0, 0.1) is 22.6 Å². The van der Waals surface area contributed by atoms with Crippen molar-refractivity contribution in [2.75, 3.05) is 12.3 Å². The van der Waals surface area contributed by atoms with Gasteiger partial charge >= 0.3 is 0 Å². The molecule has 0 radical (unpaired) electrons. The van der Waals surface area contributed by atoms with Crippen molar-refractivity contribution in [2.45, 2.75) is 33.1 Å². The number of ether oxygens (including phenoxy) is 1. The fraction of sp³-hybridized carbons (Fsp3) is 0.500. The molecule has 1 aromatic rings. The van der Waals surface area contributed by atoms with Crippen molar-refractivity contribution in [1.82, 2.24) is 0 Å². The van der Waals surface area contributed by atoms with Crippen LogP contribution < -0.4 is 10.5 Å². The predicted molar refractivity (Wildman–Crippen MR) is 69.6 cm³/mol. The molecule has 98 valence electrons. The first-order chi connectivity index (χ1) is 8.44. The molecule has 0 aliphatic rings. The van der Waals surface area contributed by atoms with Crippen LogP contribution in [0.15, 0.2) is 18.2 Å². The van der Waals surface area contributed by atoms with Crippen molar-refractivity contribution < 1.29 is 9.13 Å². The Morgan fingerprint density at radius 2 is 2.11 bits per heavy atom. The molecule has 0 fully saturated rings. The lowest BCUT2D eigenvalue weighted by Gasteiger charge is -2.14. The second-order valence-electron chi connectivity index (χ2n) is 4.98. The fourth-order valence-electron chi connectivity index (χ4n) is 1.56. The highest BCUT2D eigenvalue weighted by Crippen LogP contribution is 2.24. The summed E-state index contributed by atoms with van der Waals surface area (Å²) in [5.41, 5.74) is 5.65. The topological polar surface area (TPSA) is 59.0 Å². The maximum Gasteiger partial charge on any atom is 0.142 e. The van der Waals surface area contributed by atoms with E-state index in [1.807, 2.05) is 13.8 Å². The lowest BCUT2D eigenvalue weighted by molar-refractivity contribution is 0.296. The van der Waals surface area contributed by atoms with Crippen LogP contribution in [0.1, 0.15) is 33.1 Å². The summed E-state index contributed by atoms with van der Waals surface area (Å²) in [5, 5.41) is 8.86. The maximum absolute atomic E-state index is 12.8. The van der Waals surface area contributed by atoms with Crippen LogP contribution in [-0.2, 0) is 0 Å². The van der Waals surface area contributed by atoms with Crippen molar-refractivity contribution in [2.24, 2.45) is 5.41 Å². The van der Waals surface area contributed by atoms with E-state index < -0.39 is 0 Å². The number of anilines is 1. The largest absolute Gasteiger partial charge is 0.491 e. The predicted octanol–water partition coefficient (Wildman–Crippen LogP) is 3.51. The van der Waals surface area contributed by atoms with Gasteiger partial charge in [-0.15, -0.1) is 0 Å². The number of rotatable bonds is 6.